The lowest BCUT2D eigenvalue weighted by atomic mass is 9.98. The number of aromatic nitrogens is 1. The van der Waals surface area contributed by atoms with E-state index in [0.717, 1.165) is 50.9 Å². The molecule has 5 nitrogen and oxygen atoms in total. The number of halogens is 2. The summed E-state index contributed by atoms with van der Waals surface area (Å²) in [5.74, 6) is -1.60. The predicted molar refractivity (Wildman–Crippen MR) is 149 cm³/mol. The fourth-order valence-electron chi connectivity index (χ4n) is 4.17. The normalized spacial score (nSPS) is 16.8. The fraction of sp³-hybridized carbons (Fsp3) is 0.179. The SMILES string of the molecule is Cc1cccc(C(C)C)c1NC(=O)C1SC(=Nc2ccc(F)cc2F)C(c2nc3ccccc3s2)=C1N. The molecule has 9 heteroatoms. The average Bonchev–Trinajstić information content (AvgIpc) is 3.42. The van der Waals surface area contributed by atoms with Crippen molar-refractivity contribution in [1.29, 1.82) is 0 Å². The number of thiazole rings is 1. The van der Waals surface area contributed by atoms with E-state index in [1.165, 1.54) is 17.4 Å². The Balaban J connectivity index is 1.58. The third kappa shape index (κ3) is 4.89. The molecule has 1 amide bonds. The largest absolute Gasteiger partial charge is 0.400 e. The molecule has 1 aliphatic heterocycles. The minimum atomic E-state index is -0.802. The van der Waals surface area contributed by atoms with E-state index in [-0.39, 0.29) is 17.5 Å². The average molecular weight is 535 g/mol. The van der Waals surface area contributed by atoms with Crippen LogP contribution in [0.4, 0.5) is 20.2 Å². The molecule has 1 aromatic heterocycles. The topological polar surface area (TPSA) is 80.4 Å². The molecule has 0 saturated carbocycles. The molecule has 5 rings (SSSR count). The molecule has 2 heterocycles. The number of para-hydroxylation sites is 2. The van der Waals surface area contributed by atoms with Gasteiger partial charge in [0, 0.05) is 17.5 Å². The maximum absolute atomic E-state index is 14.5. The van der Waals surface area contributed by atoms with E-state index >= 15 is 0 Å². The Morgan fingerprint density at radius 2 is 1.89 bits per heavy atom. The number of rotatable bonds is 5. The van der Waals surface area contributed by atoms with Gasteiger partial charge in [0.15, 0.2) is 5.82 Å². The van der Waals surface area contributed by atoms with Crippen LogP contribution in [0.15, 0.2) is 71.4 Å². The number of fused-ring (bicyclic) bond motifs is 1. The van der Waals surface area contributed by atoms with Gasteiger partial charge in [-0.2, -0.15) is 0 Å². The highest BCUT2D eigenvalue weighted by molar-refractivity contribution is 8.16. The summed E-state index contributed by atoms with van der Waals surface area (Å²) in [6, 6.07) is 16.7. The Morgan fingerprint density at radius 3 is 2.62 bits per heavy atom. The lowest BCUT2D eigenvalue weighted by Crippen LogP contribution is -2.29. The van der Waals surface area contributed by atoms with E-state index in [0.29, 0.717) is 21.3 Å². The van der Waals surface area contributed by atoms with Crippen molar-refractivity contribution in [1.82, 2.24) is 4.98 Å². The van der Waals surface area contributed by atoms with Crippen LogP contribution in [0, 0.1) is 18.6 Å². The van der Waals surface area contributed by atoms with E-state index in [1.807, 2.05) is 49.4 Å². The van der Waals surface area contributed by atoms with E-state index < -0.39 is 16.9 Å². The number of hydrogen-bond acceptors (Lipinski definition) is 6. The highest BCUT2D eigenvalue weighted by Gasteiger charge is 2.37. The summed E-state index contributed by atoms with van der Waals surface area (Å²) in [4.78, 5) is 22.7. The monoisotopic (exact) mass is 534 g/mol. The quantitative estimate of drug-likeness (QED) is 0.285. The van der Waals surface area contributed by atoms with Crippen LogP contribution in [0.25, 0.3) is 15.8 Å². The molecular weight excluding hydrogens is 510 g/mol. The summed E-state index contributed by atoms with van der Waals surface area (Å²) in [7, 11) is 0. The minimum absolute atomic E-state index is 0.0441. The maximum Gasteiger partial charge on any atom is 0.243 e. The summed E-state index contributed by atoms with van der Waals surface area (Å²) in [5.41, 5.74) is 10.9. The van der Waals surface area contributed by atoms with Crippen molar-refractivity contribution < 1.29 is 13.6 Å². The lowest BCUT2D eigenvalue weighted by Gasteiger charge is -2.18. The van der Waals surface area contributed by atoms with Crippen molar-refractivity contribution in [3.63, 3.8) is 0 Å². The summed E-state index contributed by atoms with van der Waals surface area (Å²) in [6.07, 6.45) is 0. The number of aryl methyl sites for hydroxylation is 1. The van der Waals surface area contributed by atoms with Gasteiger partial charge < -0.3 is 11.1 Å². The highest BCUT2D eigenvalue weighted by atomic mass is 32.2. The summed E-state index contributed by atoms with van der Waals surface area (Å²) in [5, 5.41) is 3.21. The van der Waals surface area contributed by atoms with Gasteiger partial charge in [-0.1, -0.05) is 55.9 Å². The van der Waals surface area contributed by atoms with Crippen LogP contribution < -0.4 is 11.1 Å². The first kappa shape index (κ1) is 25.1. The first-order valence-corrected chi connectivity index (χ1v) is 13.4. The molecule has 0 radical (unpaired) electrons. The molecule has 4 aromatic rings. The van der Waals surface area contributed by atoms with Crippen LogP contribution in [0.1, 0.15) is 35.9 Å². The molecule has 1 atom stereocenters. The standard InChI is InChI=1S/C28H24F2N4OS2/c1-14(2)17-8-6-7-15(3)24(17)34-26(35)25-23(31)22(27-33-20-9-4-5-10-21(20)36-27)28(37-25)32-19-12-11-16(29)13-18(19)30/h4-14,25H,31H2,1-3H3,(H,34,35). The number of thioether (sulfide) groups is 1. The molecule has 3 aromatic carbocycles. The number of hydrogen-bond donors (Lipinski definition) is 2. The number of aliphatic imine (C=N–C) groups is 1. The first-order chi connectivity index (χ1) is 17.7. The number of nitrogens with zero attached hydrogens (tertiary/aromatic N) is 2. The Labute approximate surface area is 221 Å². The molecule has 0 fully saturated rings. The van der Waals surface area contributed by atoms with Crippen molar-refractivity contribution in [2.24, 2.45) is 10.7 Å². The van der Waals surface area contributed by atoms with Gasteiger partial charge in [-0.25, -0.2) is 18.8 Å². The van der Waals surface area contributed by atoms with Crippen molar-refractivity contribution >= 4 is 61.2 Å². The number of carbonyl (C=O) groups is 1. The van der Waals surface area contributed by atoms with Gasteiger partial charge in [0.05, 0.1) is 15.8 Å². The fourth-order valence-corrected chi connectivity index (χ4v) is 6.39. The van der Waals surface area contributed by atoms with Gasteiger partial charge in [0.1, 0.15) is 26.8 Å². The van der Waals surface area contributed by atoms with Crippen LogP contribution in [0.5, 0.6) is 0 Å². The van der Waals surface area contributed by atoms with Gasteiger partial charge >= 0.3 is 0 Å². The lowest BCUT2D eigenvalue weighted by molar-refractivity contribution is -0.115. The number of nitrogens with two attached hydrogens (primary N) is 1. The number of carbonyl (C=O) groups excluding carboxylic acids is 1. The van der Waals surface area contributed by atoms with E-state index in [2.05, 4.69) is 24.2 Å². The van der Waals surface area contributed by atoms with Gasteiger partial charge in [0.25, 0.3) is 0 Å². The Hall–Kier alpha value is -3.56. The van der Waals surface area contributed by atoms with E-state index in [9.17, 15) is 13.6 Å². The van der Waals surface area contributed by atoms with Crippen molar-refractivity contribution in [2.45, 2.75) is 31.9 Å². The van der Waals surface area contributed by atoms with Crippen LogP contribution in [0.2, 0.25) is 0 Å². The van der Waals surface area contributed by atoms with Gasteiger partial charge in [0.2, 0.25) is 5.91 Å². The smallest absolute Gasteiger partial charge is 0.243 e. The minimum Gasteiger partial charge on any atom is -0.400 e. The van der Waals surface area contributed by atoms with Gasteiger partial charge in [-0.3, -0.25) is 4.79 Å². The maximum atomic E-state index is 14.5. The Kier molecular flexibility index (Phi) is 6.83. The third-order valence-electron chi connectivity index (χ3n) is 6.07. The molecule has 0 spiro atoms. The zero-order valence-electron chi connectivity index (χ0n) is 20.4. The van der Waals surface area contributed by atoms with Crippen molar-refractivity contribution in [2.75, 3.05) is 5.32 Å². The summed E-state index contributed by atoms with van der Waals surface area (Å²) < 4.78 is 29.0. The predicted octanol–water partition coefficient (Wildman–Crippen LogP) is 7.16. The second-order valence-corrected chi connectivity index (χ2v) is 11.1. The summed E-state index contributed by atoms with van der Waals surface area (Å²) >= 11 is 2.55. The van der Waals surface area contributed by atoms with E-state index in [1.54, 1.807) is 0 Å². The van der Waals surface area contributed by atoms with E-state index in [4.69, 9.17) is 10.7 Å². The molecular formula is C28H24F2N4OS2. The van der Waals surface area contributed by atoms with Crippen molar-refractivity contribution in [3.05, 3.63) is 94.1 Å². The van der Waals surface area contributed by atoms with Crippen LogP contribution in [-0.4, -0.2) is 21.2 Å². The highest BCUT2D eigenvalue weighted by Crippen LogP contribution is 2.43. The molecule has 1 aliphatic rings. The first-order valence-electron chi connectivity index (χ1n) is 11.7. The molecule has 37 heavy (non-hydrogen) atoms. The van der Waals surface area contributed by atoms with Crippen LogP contribution in [-0.2, 0) is 4.79 Å². The Morgan fingerprint density at radius 1 is 1.11 bits per heavy atom. The molecule has 0 saturated heterocycles. The third-order valence-corrected chi connectivity index (χ3v) is 8.34. The number of nitrogens with one attached hydrogen (secondary N) is 1. The molecule has 0 bridgehead atoms. The molecule has 188 valence electrons. The van der Waals surface area contributed by atoms with Crippen LogP contribution >= 0.6 is 23.1 Å². The molecule has 0 aliphatic carbocycles. The molecule has 1 unspecified atom stereocenters. The summed E-state index contributed by atoms with van der Waals surface area (Å²) in [6.45, 7) is 6.08. The zero-order chi connectivity index (χ0) is 26.3. The number of amides is 1. The van der Waals surface area contributed by atoms with Crippen molar-refractivity contribution in [3.8, 4) is 0 Å². The number of anilines is 1. The van der Waals surface area contributed by atoms with Crippen LogP contribution in [0.3, 0.4) is 0 Å². The second-order valence-electron chi connectivity index (χ2n) is 9.01. The second kappa shape index (κ2) is 10.1. The molecule has 3 N–H and O–H groups in total. The van der Waals surface area contributed by atoms with Gasteiger partial charge in [-0.05, 0) is 48.2 Å². The van der Waals surface area contributed by atoms with Gasteiger partial charge in [-0.15, -0.1) is 11.3 Å². The number of benzene rings is 3. The Bertz CT molecular complexity index is 1560. The zero-order valence-corrected chi connectivity index (χ0v) is 22.0.